The summed E-state index contributed by atoms with van der Waals surface area (Å²) in [7, 11) is 0. The third-order valence-electron chi connectivity index (χ3n) is 7.92. The quantitative estimate of drug-likeness (QED) is 0.358. The average Bonchev–Trinajstić information content (AvgIpc) is 2.87. The van der Waals surface area contributed by atoms with Crippen LogP contribution in [0.25, 0.3) is 11.0 Å². The maximum absolute atomic E-state index is 13.3. The minimum Gasteiger partial charge on any atom is -0.507 e. The first-order valence-electron chi connectivity index (χ1n) is 12.5. The van der Waals surface area contributed by atoms with E-state index in [1.54, 1.807) is 38.1 Å². The first-order chi connectivity index (χ1) is 17.7. The monoisotopic (exact) mass is 496 g/mol. The maximum atomic E-state index is 13.3. The lowest BCUT2D eigenvalue weighted by molar-refractivity contribution is -0.0142. The number of aromatic hydroxyl groups is 1. The van der Waals surface area contributed by atoms with Crippen molar-refractivity contribution in [3.63, 3.8) is 0 Å². The van der Waals surface area contributed by atoms with E-state index in [1.807, 2.05) is 44.2 Å². The van der Waals surface area contributed by atoms with Crippen LogP contribution in [0.4, 0.5) is 0 Å². The number of aryl methyl sites for hydroxylation is 1. The molecule has 2 aliphatic heterocycles. The summed E-state index contributed by atoms with van der Waals surface area (Å²) >= 11 is 0. The number of hydrogen-bond acceptors (Lipinski definition) is 6. The highest BCUT2D eigenvalue weighted by Crippen LogP contribution is 2.57. The Kier molecular flexibility index (Phi) is 5.19. The molecule has 0 bridgehead atoms. The fourth-order valence-electron chi connectivity index (χ4n) is 5.75. The van der Waals surface area contributed by atoms with Crippen molar-refractivity contribution in [1.82, 2.24) is 0 Å². The van der Waals surface area contributed by atoms with Gasteiger partial charge in [0.1, 0.15) is 34.2 Å². The van der Waals surface area contributed by atoms with Gasteiger partial charge in [0.05, 0.1) is 17.6 Å². The van der Waals surface area contributed by atoms with Gasteiger partial charge in [0.2, 0.25) is 0 Å². The number of ether oxygens (including phenoxy) is 2. The van der Waals surface area contributed by atoms with Crippen LogP contribution in [-0.4, -0.2) is 23.1 Å². The number of benzene rings is 3. The van der Waals surface area contributed by atoms with Crippen molar-refractivity contribution >= 4 is 16.8 Å². The molecule has 2 aliphatic rings. The van der Waals surface area contributed by atoms with E-state index in [4.69, 9.17) is 13.9 Å². The van der Waals surface area contributed by atoms with Crippen LogP contribution >= 0.6 is 0 Å². The topological polar surface area (TPSA) is 86.0 Å². The molecule has 1 aromatic heterocycles. The molecule has 2 atom stereocenters. The Hall–Kier alpha value is -4.06. The highest BCUT2D eigenvalue weighted by atomic mass is 16.5. The third kappa shape index (κ3) is 3.54. The van der Waals surface area contributed by atoms with Crippen LogP contribution in [0, 0.1) is 19.8 Å². The number of carbonyl (C=O) groups excluding carboxylic acids is 1. The summed E-state index contributed by atoms with van der Waals surface area (Å²) in [4.78, 5) is 26.4. The molecule has 3 heterocycles. The second-order valence-corrected chi connectivity index (χ2v) is 10.5. The summed E-state index contributed by atoms with van der Waals surface area (Å²) in [5.74, 6) is 0.767. The number of phenolic OH excluding ortho intramolecular Hbond substituents is 1. The molecule has 188 valence electrons. The second kappa shape index (κ2) is 8.23. The first kappa shape index (κ1) is 23.3. The molecule has 37 heavy (non-hydrogen) atoms. The molecule has 0 fully saturated rings. The van der Waals surface area contributed by atoms with Crippen molar-refractivity contribution in [3.8, 4) is 17.2 Å². The highest BCUT2D eigenvalue weighted by Gasteiger charge is 2.50. The predicted molar refractivity (Wildman–Crippen MR) is 140 cm³/mol. The summed E-state index contributed by atoms with van der Waals surface area (Å²) in [6.45, 7) is 7.86. The van der Waals surface area contributed by atoms with Gasteiger partial charge in [0, 0.05) is 34.9 Å². The molecule has 0 radical (unpaired) electrons. The average molecular weight is 497 g/mol. The molecule has 6 heteroatoms. The number of hydrogen-bond donors (Lipinski definition) is 1. The smallest absolute Gasteiger partial charge is 0.195 e. The molecule has 0 amide bonds. The highest BCUT2D eigenvalue weighted by molar-refractivity contribution is 6.01. The van der Waals surface area contributed by atoms with Crippen LogP contribution in [0.5, 0.6) is 17.2 Å². The number of fused-ring (bicyclic) bond motifs is 7. The Balaban J connectivity index is 1.59. The van der Waals surface area contributed by atoms with Crippen LogP contribution in [0.15, 0.2) is 63.8 Å². The van der Waals surface area contributed by atoms with E-state index in [0.717, 1.165) is 5.56 Å². The molecule has 0 saturated carbocycles. The molecule has 0 aliphatic carbocycles. The van der Waals surface area contributed by atoms with E-state index in [9.17, 15) is 14.7 Å². The summed E-state index contributed by atoms with van der Waals surface area (Å²) in [6, 6.07) is 16.4. The predicted octanol–water partition coefficient (Wildman–Crippen LogP) is 5.85. The number of rotatable bonds is 3. The summed E-state index contributed by atoms with van der Waals surface area (Å²) in [5.41, 5.74) is 2.62. The summed E-state index contributed by atoms with van der Waals surface area (Å²) < 4.78 is 18.8. The second-order valence-electron chi connectivity index (χ2n) is 10.5. The molecule has 0 saturated heterocycles. The van der Waals surface area contributed by atoms with Crippen molar-refractivity contribution in [1.29, 1.82) is 0 Å². The van der Waals surface area contributed by atoms with Crippen LogP contribution in [0.2, 0.25) is 0 Å². The lowest BCUT2D eigenvalue weighted by atomic mass is 9.69. The van der Waals surface area contributed by atoms with E-state index in [2.05, 4.69) is 0 Å². The van der Waals surface area contributed by atoms with Crippen molar-refractivity contribution in [2.75, 3.05) is 6.61 Å². The van der Waals surface area contributed by atoms with Gasteiger partial charge in [0.15, 0.2) is 11.2 Å². The maximum Gasteiger partial charge on any atom is 0.195 e. The molecular formula is C31H28O6. The normalized spacial score (nSPS) is 19.2. The van der Waals surface area contributed by atoms with Crippen LogP contribution in [-0.2, 0) is 6.42 Å². The van der Waals surface area contributed by atoms with Crippen molar-refractivity contribution in [2.45, 2.75) is 45.6 Å². The van der Waals surface area contributed by atoms with Gasteiger partial charge in [0.25, 0.3) is 0 Å². The van der Waals surface area contributed by atoms with Gasteiger partial charge in [-0.3, -0.25) is 9.59 Å². The summed E-state index contributed by atoms with van der Waals surface area (Å²) in [6.07, 6.45) is 0.170. The molecule has 0 spiro atoms. The minimum atomic E-state index is -0.639. The zero-order valence-corrected chi connectivity index (χ0v) is 21.3. The minimum absolute atomic E-state index is 0.0915. The number of Topliss-reactive ketones (excluding diaryl/α,β-unsaturated/α-hetero) is 1. The van der Waals surface area contributed by atoms with Crippen molar-refractivity contribution < 1.29 is 23.8 Å². The Labute approximate surface area is 214 Å². The number of carbonyl (C=O) groups is 1. The zero-order valence-electron chi connectivity index (χ0n) is 21.3. The lowest BCUT2D eigenvalue weighted by Gasteiger charge is -2.47. The van der Waals surface area contributed by atoms with Crippen LogP contribution in [0.3, 0.4) is 0 Å². The fraction of sp³-hybridized carbons (Fsp3) is 0.290. The zero-order chi connectivity index (χ0) is 26.1. The molecule has 6 rings (SSSR count). The van der Waals surface area contributed by atoms with Gasteiger partial charge in [-0.2, -0.15) is 0 Å². The van der Waals surface area contributed by atoms with Crippen LogP contribution in [0.1, 0.15) is 58.1 Å². The third-order valence-corrected chi connectivity index (χ3v) is 7.92. The lowest BCUT2D eigenvalue weighted by Crippen LogP contribution is -2.49. The number of phenols is 1. The Morgan fingerprint density at radius 1 is 1.00 bits per heavy atom. The Morgan fingerprint density at radius 2 is 1.73 bits per heavy atom. The van der Waals surface area contributed by atoms with Crippen molar-refractivity contribution in [3.05, 3.63) is 98.4 Å². The van der Waals surface area contributed by atoms with E-state index >= 15 is 0 Å². The van der Waals surface area contributed by atoms with Gasteiger partial charge >= 0.3 is 0 Å². The fourth-order valence-corrected chi connectivity index (χ4v) is 5.75. The Bertz CT molecular complexity index is 1630. The summed E-state index contributed by atoms with van der Waals surface area (Å²) in [5, 5.41) is 12.1. The molecular weight excluding hydrogens is 468 g/mol. The van der Waals surface area contributed by atoms with E-state index in [1.165, 1.54) is 0 Å². The first-order valence-corrected chi connectivity index (χ1v) is 12.5. The van der Waals surface area contributed by atoms with E-state index < -0.39 is 11.5 Å². The molecule has 0 unspecified atom stereocenters. The molecule has 1 N–H and O–H groups in total. The largest absolute Gasteiger partial charge is 0.507 e. The van der Waals surface area contributed by atoms with Gasteiger partial charge < -0.3 is 19.0 Å². The van der Waals surface area contributed by atoms with E-state index in [0.29, 0.717) is 51.5 Å². The number of ketones is 1. The standard InChI is InChI=1S/C31H28O6/c1-16-17(2)36-30-20(28(16)33)11-12-23-27(30)25-21(15-35-23)31(3,4)37-24-13-10-19(29(34)26(24)25)22(32)14-18-8-6-5-7-9-18/h5-13,21,25,34H,14-15H2,1-4H3/t21-,25+/m0/s1. The molecule has 6 nitrogen and oxygen atoms in total. The van der Waals surface area contributed by atoms with Gasteiger partial charge in [-0.15, -0.1) is 0 Å². The molecule has 4 aromatic rings. The van der Waals surface area contributed by atoms with Crippen molar-refractivity contribution in [2.24, 2.45) is 5.92 Å². The SMILES string of the molecule is Cc1oc2c3c(ccc2c(=O)c1C)OC[C@H]1[C@@H]3c2c(ccc(C(=O)Cc3ccccc3)c2O)OC1(C)C. The van der Waals surface area contributed by atoms with E-state index in [-0.39, 0.29) is 34.9 Å². The van der Waals surface area contributed by atoms with Crippen LogP contribution < -0.4 is 14.9 Å². The van der Waals surface area contributed by atoms with Gasteiger partial charge in [-0.25, -0.2) is 0 Å². The Morgan fingerprint density at radius 3 is 2.49 bits per heavy atom. The van der Waals surface area contributed by atoms with Gasteiger partial charge in [-0.1, -0.05) is 30.3 Å². The van der Waals surface area contributed by atoms with Gasteiger partial charge in [-0.05, 0) is 57.5 Å². The molecule has 3 aromatic carbocycles.